The third-order valence-corrected chi connectivity index (χ3v) is 10.8. The fourth-order valence-corrected chi connectivity index (χ4v) is 7.12. The first kappa shape index (κ1) is 43.9. The number of phenols is 1. The summed E-state index contributed by atoms with van der Waals surface area (Å²) in [5.41, 5.74) is 8.68. The van der Waals surface area contributed by atoms with Crippen molar-refractivity contribution in [1.82, 2.24) is 36.5 Å². The van der Waals surface area contributed by atoms with Crippen molar-refractivity contribution < 1.29 is 33.9 Å². The molecule has 0 saturated carbocycles. The molecule has 5 rings (SSSR count). The Labute approximate surface area is 344 Å². The Hall–Kier alpha value is -6.22. The van der Waals surface area contributed by atoms with E-state index in [-0.39, 0.29) is 31.4 Å². The molecule has 1 saturated heterocycles. The van der Waals surface area contributed by atoms with Gasteiger partial charge in [0.2, 0.25) is 35.4 Å². The van der Waals surface area contributed by atoms with Crippen LogP contribution in [0.2, 0.25) is 0 Å². The molecule has 3 aromatic carbocycles. The van der Waals surface area contributed by atoms with Gasteiger partial charge in [-0.2, -0.15) is 0 Å². The van der Waals surface area contributed by atoms with Crippen molar-refractivity contribution in [1.29, 1.82) is 0 Å². The second-order valence-corrected chi connectivity index (χ2v) is 15.5. The molecule has 0 spiro atoms. The molecule has 1 aliphatic heterocycles. The minimum absolute atomic E-state index is 0.0121. The molecule has 1 aliphatic rings. The van der Waals surface area contributed by atoms with Crippen molar-refractivity contribution in [3.63, 3.8) is 0 Å². The zero-order valence-electron chi connectivity index (χ0n) is 34.0. The van der Waals surface area contributed by atoms with Crippen LogP contribution in [0.25, 0.3) is 10.9 Å². The standard InChI is InChI=1S/C44H56N8O7/c1-26(2)38-43(58)50-37(23-28-12-6-5-7-13-28)44(59)52(4)27(3)39(54)48-35(22-29-17-19-31(53)20-18-29)41(56)49-36(24-30-25-46-33-15-9-8-14-32(30)33)42(57)47-34(40(55)51-38)16-10-11-21-45/h5-9,12-15,17-20,25-27,34-38,46,53H,10-11,16,21-24,45H2,1-4H3,(H,47,57)(H,48,54)(H,49,56)(H,50,58)(H,51,55)/t27-,34-,35-,36-,37-,38-/m0/s1. The highest BCUT2D eigenvalue weighted by Crippen LogP contribution is 2.20. The molecule has 15 heteroatoms. The van der Waals surface area contributed by atoms with Crippen LogP contribution in [-0.4, -0.2) is 100 Å². The summed E-state index contributed by atoms with van der Waals surface area (Å²) >= 11 is 0. The molecule has 0 radical (unpaired) electrons. The normalized spacial score (nSPS) is 22.8. The number of rotatable bonds is 11. The van der Waals surface area contributed by atoms with Gasteiger partial charge in [-0.1, -0.05) is 74.5 Å². The minimum atomic E-state index is -1.24. The molecule has 59 heavy (non-hydrogen) atoms. The maximum atomic E-state index is 14.4. The molecule has 0 unspecified atom stereocenters. The largest absolute Gasteiger partial charge is 0.508 e. The highest BCUT2D eigenvalue weighted by molar-refractivity contribution is 5.98. The Morgan fingerprint density at radius 3 is 1.88 bits per heavy atom. The van der Waals surface area contributed by atoms with Gasteiger partial charge in [0, 0.05) is 43.4 Å². The first-order valence-corrected chi connectivity index (χ1v) is 20.1. The van der Waals surface area contributed by atoms with Crippen LogP contribution in [0.3, 0.4) is 0 Å². The summed E-state index contributed by atoms with van der Waals surface area (Å²) in [6.07, 6.45) is 3.06. The molecule has 9 N–H and O–H groups in total. The molecule has 4 aromatic rings. The van der Waals surface area contributed by atoms with Crippen LogP contribution in [0.15, 0.2) is 85.1 Å². The van der Waals surface area contributed by atoms with Crippen molar-refractivity contribution in [3.8, 4) is 5.75 Å². The van der Waals surface area contributed by atoms with E-state index in [1.165, 1.54) is 31.0 Å². The molecule has 0 aliphatic carbocycles. The number of H-pyrrole nitrogens is 1. The Morgan fingerprint density at radius 2 is 1.20 bits per heavy atom. The van der Waals surface area contributed by atoms with Crippen molar-refractivity contribution >= 4 is 46.3 Å². The van der Waals surface area contributed by atoms with Crippen LogP contribution in [0.5, 0.6) is 5.75 Å². The number of fused-ring (bicyclic) bond motifs is 1. The first-order chi connectivity index (χ1) is 28.2. The van der Waals surface area contributed by atoms with E-state index < -0.39 is 77.6 Å². The van der Waals surface area contributed by atoms with Crippen molar-refractivity contribution in [3.05, 3.63) is 102 Å². The highest BCUT2D eigenvalue weighted by Gasteiger charge is 2.37. The predicted molar refractivity (Wildman–Crippen MR) is 224 cm³/mol. The summed E-state index contributed by atoms with van der Waals surface area (Å²) in [6, 6.07) is 15.8. The van der Waals surface area contributed by atoms with E-state index in [9.17, 15) is 33.9 Å². The summed E-state index contributed by atoms with van der Waals surface area (Å²) in [4.78, 5) is 89.8. The maximum absolute atomic E-state index is 14.4. The summed E-state index contributed by atoms with van der Waals surface area (Å²) in [6.45, 7) is 5.38. The number of unbranched alkanes of at least 4 members (excludes halogenated alkanes) is 1. The quantitative estimate of drug-likeness (QED) is 0.104. The van der Waals surface area contributed by atoms with Gasteiger partial charge in [0.15, 0.2) is 0 Å². The molecule has 314 valence electrons. The Balaban J connectivity index is 1.57. The summed E-state index contributed by atoms with van der Waals surface area (Å²) in [5, 5.41) is 24.9. The van der Waals surface area contributed by atoms with Crippen LogP contribution in [-0.2, 0) is 48.0 Å². The second-order valence-electron chi connectivity index (χ2n) is 15.5. The number of aromatic nitrogens is 1. The average Bonchev–Trinajstić information content (AvgIpc) is 3.63. The van der Waals surface area contributed by atoms with Crippen LogP contribution < -0.4 is 32.3 Å². The molecule has 2 heterocycles. The van der Waals surface area contributed by atoms with Crippen LogP contribution in [0, 0.1) is 5.92 Å². The number of benzene rings is 3. The summed E-state index contributed by atoms with van der Waals surface area (Å²) in [7, 11) is 1.44. The number of hydrogen-bond acceptors (Lipinski definition) is 8. The Bertz CT molecular complexity index is 2090. The molecular weight excluding hydrogens is 753 g/mol. The van der Waals surface area contributed by atoms with Crippen molar-refractivity contribution in [2.45, 2.75) is 95.5 Å². The Morgan fingerprint density at radius 1 is 0.644 bits per heavy atom. The first-order valence-electron chi connectivity index (χ1n) is 20.1. The average molecular weight is 809 g/mol. The van der Waals surface area contributed by atoms with E-state index in [1.54, 1.807) is 32.2 Å². The molecule has 0 bridgehead atoms. The van der Waals surface area contributed by atoms with Gasteiger partial charge in [-0.05, 0) is 73.5 Å². The van der Waals surface area contributed by atoms with Gasteiger partial charge in [-0.25, -0.2) is 0 Å². The molecule has 6 amide bonds. The number of hydrogen-bond donors (Lipinski definition) is 8. The fourth-order valence-electron chi connectivity index (χ4n) is 7.12. The molecule has 6 atom stereocenters. The van der Waals surface area contributed by atoms with Gasteiger partial charge < -0.3 is 47.3 Å². The zero-order chi connectivity index (χ0) is 42.6. The second kappa shape index (κ2) is 20.5. The van der Waals surface area contributed by atoms with Crippen molar-refractivity contribution in [2.24, 2.45) is 11.7 Å². The van der Waals surface area contributed by atoms with E-state index in [2.05, 4.69) is 31.6 Å². The van der Waals surface area contributed by atoms with E-state index >= 15 is 0 Å². The van der Waals surface area contributed by atoms with Crippen LogP contribution in [0.1, 0.15) is 56.7 Å². The number of nitrogens with two attached hydrogens (primary N) is 1. The number of nitrogens with zero attached hydrogens (tertiary/aromatic N) is 1. The highest BCUT2D eigenvalue weighted by atomic mass is 16.3. The van der Waals surface area contributed by atoms with Gasteiger partial charge in [0.25, 0.3) is 0 Å². The molecule has 1 fully saturated rings. The number of aromatic amines is 1. The summed E-state index contributed by atoms with van der Waals surface area (Å²) < 4.78 is 0. The zero-order valence-corrected chi connectivity index (χ0v) is 34.0. The Kier molecular flexibility index (Phi) is 15.2. The van der Waals surface area contributed by atoms with Gasteiger partial charge in [-0.3, -0.25) is 28.8 Å². The monoisotopic (exact) mass is 808 g/mol. The number of aromatic hydroxyl groups is 1. The molecule has 15 nitrogen and oxygen atoms in total. The number of likely N-dealkylation sites (N-methyl/N-ethyl adjacent to an activating group) is 1. The van der Waals surface area contributed by atoms with Crippen LogP contribution in [0.4, 0.5) is 0 Å². The lowest BCUT2D eigenvalue weighted by molar-refractivity contribution is -0.143. The summed E-state index contributed by atoms with van der Waals surface area (Å²) in [5.74, 6) is -4.21. The lowest BCUT2D eigenvalue weighted by Gasteiger charge is -2.32. The van der Waals surface area contributed by atoms with E-state index in [4.69, 9.17) is 5.73 Å². The number of para-hydroxylation sites is 1. The number of amides is 6. The van der Waals surface area contributed by atoms with E-state index in [0.717, 1.165) is 22.0 Å². The smallest absolute Gasteiger partial charge is 0.245 e. The lowest BCUT2D eigenvalue weighted by atomic mass is 9.98. The van der Waals surface area contributed by atoms with Gasteiger partial charge in [-0.15, -0.1) is 0 Å². The predicted octanol–water partition coefficient (Wildman–Crippen LogP) is 1.97. The van der Waals surface area contributed by atoms with Gasteiger partial charge in [0.05, 0.1) is 0 Å². The SMILES string of the molecule is CC(C)[C@@H]1NC(=O)[C@H](CCCCN)NC(=O)[C@H](Cc2c[nH]c3ccccc23)NC(=O)[C@H](Cc2ccc(O)cc2)NC(=O)[C@H](C)N(C)C(=O)[C@H](Cc2ccccc2)NC1=O. The van der Waals surface area contributed by atoms with E-state index in [0.29, 0.717) is 24.9 Å². The van der Waals surface area contributed by atoms with Crippen LogP contribution >= 0.6 is 0 Å². The number of carbonyl (C=O) groups excluding carboxylic acids is 6. The third-order valence-electron chi connectivity index (χ3n) is 10.8. The van der Waals surface area contributed by atoms with Gasteiger partial charge >= 0.3 is 0 Å². The third kappa shape index (κ3) is 11.7. The number of nitrogens with one attached hydrogen (secondary N) is 6. The number of carbonyl (C=O) groups is 6. The van der Waals surface area contributed by atoms with Crippen molar-refractivity contribution in [2.75, 3.05) is 13.6 Å². The topological polar surface area (TPSA) is 228 Å². The van der Waals surface area contributed by atoms with Gasteiger partial charge in [0.1, 0.15) is 42.0 Å². The maximum Gasteiger partial charge on any atom is 0.245 e. The van der Waals surface area contributed by atoms with E-state index in [1.807, 2.05) is 54.6 Å². The minimum Gasteiger partial charge on any atom is -0.508 e. The molecular formula is C44H56N8O7. The lowest BCUT2D eigenvalue weighted by Crippen LogP contribution is -2.62. The number of phenolic OH excluding ortho intramolecular Hbond substituents is 1. The fraction of sp³-hybridized carbons (Fsp3) is 0.409. The molecule has 1 aromatic heterocycles.